The molecule has 0 bridgehead atoms. The number of hydrogen-bond donors (Lipinski definition) is 1. The van der Waals surface area contributed by atoms with E-state index in [9.17, 15) is 9.50 Å². The molecule has 0 aliphatic carbocycles. The molecule has 94 valence electrons. The lowest BCUT2D eigenvalue weighted by atomic mass is 10.1. The largest absolute Gasteiger partial charge is 0.455 e. The van der Waals surface area contributed by atoms with Crippen LogP contribution >= 0.6 is 0 Å². The summed E-state index contributed by atoms with van der Waals surface area (Å²) in [7, 11) is 0. The second-order valence-corrected chi connectivity index (χ2v) is 4.10. The Morgan fingerprint density at radius 2 is 2.06 bits per heavy atom. The molecule has 1 atom stereocenters. The molecule has 1 N–H and O–H groups in total. The Morgan fingerprint density at radius 3 is 2.67 bits per heavy atom. The van der Waals surface area contributed by atoms with Gasteiger partial charge in [0.2, 0.25) is 0 Å². The SMILES string of the molecule is Cc1ccc(Oc2ccc(F)cc2[C@H](C)O)cn1. The van der Waals surface area contributed by atoms with Gasteiger partial charge in [0.25, 0.3) is 0 Å². The number of rotatable bonds is 3. The minimum absolute atomic E-state index is 0.403. The van der Waals surface area contributed by atoms with Crippen LogP contribution in [0, 0.1) is 12.7 Å². The van der Waals surface area contributed by atoms with E-state index >= 15 is 0 Å². The molecule has 1 aromatic carbocycles. The Bertz CT molecular complexity index is 538. The summed E-state index contributed by atoms with van der Waals surface area (Å²) in [5.74, 6) is 0.575. The minimum Gasteiger partial charge on any atom is -0.455 e. The molecule has 2 rings (SSSR count). The van der Waals surface area contributed by atoms with E-state index in [1.54, 1.807) is 19.2 Å². The number of aliphatic hydroxyl groups excluding tert-OH is 1. The van der Waals surface area contributed by atoms with Gasteiger partial charge in [-0.25, -0.2) is 4.39 Å². The highest BCUT2D eigenvalue weighted by Crippen LogP contribution is 2.29. The van der Waals surface area contributed by atoms with Crippen LogP contribution in [-0.2, 0) is 0 Å². The molecule has 0 saturated heterocycles. The summed E-state index contributed by atoms with van der Waals surface area (Å²) >= 11 is 0. The Morgan fingerprint density at radius 1 is 1.28 bits per heavy atom. The van der Waals surface area contributed by atoms with E-state index in [0.717, 1.165) is 5.69 Å². The van der Waals surface area contributed by atoms with Crippen molar-refractivity contribution in [3.05, 3.63) is 53.6 Å². The number of benzene rings is 1. The monoisotopic (exact) mass is 247 g/mol. The molecular weight excluding hydrogens is 233 g/mol. The molecule has 0 radical (unpaired) electrons. The van der Waals surface area contributed by atoms with E-state index in [4.69, 9.17) is 4.74 Å². The smallest absolute Gasteiger partial charge is 0.145 e. The molecule has 1 heterocycles. The van der Waals surface area contributed by atoms with Gasteiger partial charge in [-0.15, -0.1) is 0 Å². The maximum atomic E-state index is 13.1. The van der Waals surface area contributed by atoms with Gasteiger partial charge in [-0.05, 0) is 44.2 Å². The Kier molecular flexibility index (Phi) is 3.58. The molecule has 0 spiro atoms. The van der Waals surface area contributed by atoms with Gasteiger partial charge in [0.15, 0.2) is 0 Å². The molecule has 2 aromatic rings. The summed E-state index contributed by atoms with van der Waals surface area (Å²) in [4.78, 5) is 4.11. The average molecular weight is 247 g/mol. The van der Waals surface area contributed by atoms with Gasteiger partial charge in [-0.1, -0.05) is 0 Å². The number of aryl methyl sites for hydroxylation is 1. The van der Waals surface area contributed by atoms with Crippen molar-refractivity contribution >= 4 is 0 Å². The number of aliphatic hydroxyl groups is 1. The Labute approximate surface area is 105 Å². The van der Waals surface area contributed by atoms with Crippen LogP contribution in [0.4, 0.5) is 4.39 Å². The fourth-order valence-corrected chi connectivity index (χ4v) is 1.58. The van der Waals surface area contributed by atoms with Crippen molar-refractivity contribution in [3.8, 4) is 11.5 Å². The highest BCUT2D eigenvalue weighted by Gasteiger charge is 2.11. The molecule has 0 saturated carbocycles. The van der Waals surface area contributed by atoms with Gasteiger partial charge < -0.3 is 9.84 Å². The van der Waals surface area contributed by atoms with E-state index in [0.29, 0.717) is 17.1 Å². The number of halogens is 1. The topological polar surface area (TPSA) is 42.4 Å². The molecule has 4 heteroatoms. The fourth-order valence-electron chi connectivity index (χ4n) is 1.58. The standard InChI is InChI=1S/C14H14FNO2/c1-9-3-5-12(8-16-9)18-14-6-4-11(15)7-13(14)10(2)17/h3-8,10,17H,1-2H3/t10-/m0/s1. The Balaban J connectivity index is 2.31. The third kappa shape index (κ3) is 2.84. The maximum Gasteiger partial charge on any atom is 0.145 e. The molecule has 18 heavy (non-hydrogen) atoms. The fraction of sp³-hybridized carbons (Fsp3) is 0.214. The lowest BCUT2D eigenvalue weighted by molar-refractivity contribution is 0.195. The van der Waals surface area contributed by atoms with Crippen LogP contribution in [0.25, 0.3) is 0 Å². The van der Waals surface area contributed by atoms with Crippen molar-refractivity contribution in [3.63, 3.8) is 0 Å². The molecule has 0 fully saturated rings. The van der Waals surface area contributed by atoms with Crippen LogP contribution < -0.4 is 4.74 Å². The normalized spacial score (nSPS) is 12.2. The second kappa shape index (κ2) is 5.14. The summed E-state index contributed by atoms with van der Waals surface area (Å²) < 4.78 is 18.7. The van der Waals surface area contributed by atoms with Crippen molar-refractivity contribution in [2.75, 3.05) is 0 Å². The van der Waals surface area contributed by atoms with Crippen molar-refractivity contribution < 1.29 is 14.2 Å². The highest BCUT2D eigenvalue weighted by atomic mass is 19.1. The first-order valence-electron chi connectivity index (χ1n) is 5.64. The van der Waals surface area contributed by atoms with E-state index in [1.807, 2.05) is 13.0 Å². The van der Waals surface area contributed by atoms with Crippen LogP contribution in [0.1, 0.15) is 24.3 Å². The molecule has 3 nitrogen and oxygen atoms in total. The van der Waals surface area contributed by atoms with Gasteiger partial charge in [-0.2, -0.15) is 0 Å². The maximum absolute atomic E-state index is 13.1. The Hall–Kier alpha value is -1.94. The second-order valence-electron chi connectivity index (χ2n) is 4.10. The van der Waals surface area contributed by atoms with Gasteiger partial charge in [0, 0.05) is 11.3 Å². The van der Waals surface area contributed by atoms with Crippen molar-refractivity contribution in [2.24, 2.45) is 0 Å². The first-order chi connectivity index (χ1) is 8.56. The third-order valence-corrected chi connectivity index (χ3v) is 2.53. The lowest BCUT2D eigenvalue weighted by Gasteiger charge is -2.13. The molecular formula is C14H14FNO2. The predicted molar refractivity (Wildman–Crippen MR) is 66.1 cm³/mol. The molecule has 0 unspecified atom stereocenters. The van der Waals surface area contributed by atoms with Crippen LogP contribution in [0.15, 0.2) is 36.5 Å². The van der Waals surface area contributed by atoms with Crippen LogP contribution in [0.3, 0.4) is 0 Å². The summed E-state index contributed by atoms with van der Waals surface area (Å²) in [6.45, 7) is 3.44. The number of ether oxygens (including phenoxy) is 1. The van der Waals surface area contributed by atoms with Crippen molar-refractivity contribution in [1.82, 2.24) is 4.98 Å². The van der Waals surface area contributed by atoms with Gasteiger partial charge in [0.1, 0.15) is 17.3 Å². The van der Waals surface area contributed by atoms with Crippen LogP contribution in [-0.4, -0.2) is 10.1 Å². The quantitative estimate of drug-likeness (QED) is 0.904. The molecule has 0 amide bonds. The van der Waals surface area contributed by atoms with E-state index < -0.39 is 11.9 Å². The summed E-state index contributed by atoms with van der Waals surface area (Å²) in [6.07, 6.45) is 0.791. The van der Waals surface area contributed by atoms with Crippen LogP contribution in [0.5, 0.6) is 11.5 Å². The van der Waals surface area contributed by atoms with Crippen LogP contribution in [0.2, 0.25) is 0 Å². The molecule has 0 aliphatic rings. The number of pyridine rings is 1. The van der Waals surface area contributed by atoms with Gasteiger partial charge in [-0.3, -0.25) is 4.98 Å². The first-order valence-corrected chi connectivity index (χ1v) is 5.64. The molecule has 0 aliphatic heterocycles. The van der Waals surface area contributed by atoms with E-state index in [2.05, 4.69) is 4.98 Å². The summed E-state index contributed by atoms with van der Waals surface area (Å²) in [5, 5.41) is 9.59. The number of aromatic nitrogens is 1. The van der Waals surface area contributed by atoms with Crippen molar-refractivity contribution in [2.45, 2.75) is 20.0 Å². The minimum atomic E-state index is -0.797. The van der Waals surface area contributed by atoms with Gasteiger partial charge in [0.05, 0.1) is 12.3 Å². The zero-order chi connectivity index (χ0) is 13.1. The number of nitrogens with zero attached hydrogens (tertiary/aromatic N) is 1. The zero-order valence-corrected chi connectivity index (χ0v) is 10.2. The number of hydrogen-bond acceptors (Lipinski definition) is 3. The predicted octanol–water partition coefficient (Wildman–Crippen LogP) is 3.37. The zero-order valence-electron chi connectivity index (χ0n) is 10.2. The van der Waals surface area contributed by atoms with E-state index in [1.165, 1.54) is 18.2 Å². The van der Waals surface area contributed by atoms with E-state index in [-0.39, 0.29) is 0 Å². The highest BCUT2D eigenvalue weighted by molar-refractivity contribution is 5.38. The lowest BCUT2D eigenvalue weighted by Crippen LogP contribution is -1.97. The average Bonchev–Trinajstić information content (AvgIpc) is 2.34. The molecule has 1 aromatic heterocycles. The third-order valence-electron chi connectivity index (χ3n) is 2.53. The van der Waals surface area contributed by atoms with Crippen molar-refractivity contribution in [1.29, 1.82) is 0 Å². The first kappa shape index (κ1) is 12.5. The summed E-state index contributed by atoms with van der Waals surface area (Å²) in [6, 6.07) is 7.65. The summed E-state index contributed by atoms with van der Waals surface area (Å²) in [5.41, 5.74) is 1.30. The van der Waals surface area contributed by atoms with Gasteiger partial charge >= 0.3 is 0 Å².